The van der Waals surface area contributed by atoms with E-state index in [0.717, 1.165) is 34.8 Å². The Bertz CT molecular complexity index is 950. The summed E-state index contributed by atoms with van der Waals surface area (Å²) in [4.78, 5) is 25.0. The van der Waals surface area contributed by atoms with E-state index in [2.05, 4.69) is 20.8 Å². The van der Waals surface area contributed by atoms with Crippen molar-refractivity contribution < 1.29 is 22.8 Å². The number of halogens is 3. The Hall–Kier alpha value is -3.14. The van der Waals surface area contributed by atoms with Crippen LogP contribution in [0.5, 0.6) is 0 Å². The van der Waals surface area contributed by atoms with Gasteiger partial charge in [-0.3, -0.25) is 14.7 Å². The minimum Gasteiger partial charge on any atom is -0.350 e. The number of aromatic amines is 1. The van der Waals surface area contributed by atoms with Gasteiger partial charge < -0.3 is 10.6 Å². The summed E-state index contributed by atoms with van der Waals surface area (Å²) < 4.78 is 37.6. The number of aromatic nitrogens is 2. The molecule has 2 heterocycles. The lowest BCUT2D eigenvalue weighted by molar-refractivity contribution is -0.137. The number of rotatable bonds is 6. The Morgan fingerprint density at radius 2 is 1.71 bits per heavy atom. The van der Waals surface area contributed by atoms with Crippen LogP contribution in [0.2, 0.25) is 0 Å². The first kappa shape index (κ1) is 19.6. The van der Waals surface area contributed by atoms with Gasteiger partial charge in [0.15, 0.2) is 5.69 Å². The van der Waals surface area contributed by atoms with Gasteiger partial charge in [0, 0.05) is 18.7 Å². The Balaban J connectivity index is 1.45. The van der Waals surface area contributed by atoms with E-state index in [1.807, 2.05) is 17.5 Å². The van der Waals surface area contributed by atoms with Crippen LogP contribution in [-0.2, 0) is 6.18 Å². The van der Waals surface area contributed by atoms with E-state index in [9.17, 15) is 22.8 Å². The predicted molar refractivity (Wildman–Crippen MR) is 98.0 cm³/mol. The SMILES string of the molecule is O=C(NCCNC(=O)c1cc(-c2cccs2)[nH]n1)c1ccc(C(F)(F)F)cc1. The van der Waals surface area contributed by atoms with Gasteiger partial charge >= 0.3 is 6.18 Å². The van der Waals surface area contributed by atoms with Crippen molar-refractivity contribution in [2.45, 2.75) is 6.18 Å². The molecule has 0 atom stereocenters. The monoisotopic (exact) mass is 408 g/mol. The largest absolute Gasteiger partial charge is 0.416 e. The lowest BCUT2D eigenvalue weighted by atomic mass is 10.1. The smallest absolute Gasteiger partial charge is 0.350 e. The fourth-order valence-corrected chi connectivity index (χ4v) is 3.04. The highest BCUT2D eigenvalue weighted by Crippen LogP contribution is 2.29. The van der Waals surface area contributed by atoms with Crippen LogP contribution in [0, 0.1) is 0 Å². The van der Waals surface area contributed by atoms with Crippen LogP contribution in [0.1, 0.15) is 26.4 Å². The summed E-state index contributed by atoms with van der Waals surface area (Å²) in [5.74, 6) is -0.925. The molecule has 0 bridgehead atoms. The zero-order chi connectivity index (χ0) is 20.1. The summed E-state index contributed by atoms with van der Waals surface area (Å²) in [5.41, 5.74) is 0.234. The van der Waals surface area contributed by atoms with Crippen molar-refractivity contribution in [3.63, 3.8) is 0 Å². The van der Waals surface area contributed by atoms with Crippen LogP contribution in [-0.4, -0.2) is 35.1 Å². The first-order chi connectivity index (χ1) is 13.3. The number of H-pyrrole nitrogens is 1. The van der Waals surface area contributed by atoms with E-state index in [-0.39, 0.29) is 24.3 Å². The maximum atomic E-state index is 12.5. The molecule has 0 saturated carbocycles. The van der Waals surface area contributed by atoms with Gasteiger partial charge in [0.25, 0.3) is 11.8 Å². The normalized spacial score (nSPS) is 11.2. The third-order valence-electron chi connectivity index (χ3n) is 3.77. The molecule has 0 aliphatic heterocycles. The summed E-state index contributed by atoms with van der Waals surface area (Å²) in [6, 6.07) is 9.32. The van der Waals surface area contributed by atoms with E-state index in [1.165, 1.54) is 11.3 Å². The molecule has 146 valence electrons. The molecule has 0 fully saturated rings. The van der Waals surface area contributed by atoms with Crippen molar-refractivity contribution in [1.82, 2.24) is 20.8 Å². The van der Waals surface area contributed by atoms with Crippen LogP contribution in [0.4, 0.5) is 13.2 Å². The minimum atomic E-state index is -4.45. The van der Waals surface area contributed by atoms with Gasteiger partial charge in [0.1, 0.15) is 0 Å². The minimum absolute atomic E-state index is 0.104. The second-order valence-corrected chi connectivity index (χ2v) is 6.68. The molecule has 28 heavy (non-hydrogen) atoms. The quantitative estimate of drug-likeness (QED) is 0.547. The zero-order valence-corrected chi connectivity index (χ0v) is 15.2. The average molecular weight is 408 g/mol. The molecule has 1 aromatic carbocycles. The van der Waals surface area contributed by atoms with Crippen LogP contribution < -0.4 is 10.6 Å². The molecule has 0 aliphatic carbocycles. The maximum absolute atomic E-state index is 12.5. The lowest BCUT2D eigenvalue weighted by Gasteiger charge is -2.08. The van der Waals surface area contributed by atoms with Crippen molar-refractivity contribution in [2.24, 2.45) is 0 Å². The molecule has 0 spiro atoms. The molecule has 0 aliphatic rings. The van der Waals surface area contributed by atoms with Gasteiger partial charge in [-0.05, 0) is 41.8 Å². The third-order valence-corrected chi connectivity index (χ3v) is 4.67. The van der Waals surface area contributed by atoms with Crippen molar-refractivity contribution in [3.8, 4) is 10.6 Å². The molecule has 2 amide bonds. The van der Waals surface area contributed by atoms with Gasteiger partial charge in [-0.2, -0.15) is 18.3 Å². The van der Waals surface area contributed by atoms with Crippen molar-refractivity contribution in [2.75, 3.05) is 13.1 Å². The van der Waals surface area contributed by atoms with Crippen molar-refractivity contribution in [3.05, 3.63) is 64.7 Å². The number of amides is 2. The van der Waals surface area contributed by atoms with Gasteiger partial charge in [-0.15, -0.1) is 11.3 Å². The number of carbonyl (C=O) groups is 2. The van der Waals surface area contributed by atoms with E-state index >= 15 is 0 Å². The molecule has 3 N–H and O–H groups in total. The molecule has 3 rings (SSSR count). The van der Waals surface area contributed by atoms with E-state index in [1.54, 1.807) is 6.07 Å². The second kappa shape index (κ2) is 8.26. The number of benzene rings is 1. The molecule has 0 unspecified atom stereocenters. The molecule has 2 aromatic heterocycles. The Labute approximate surface area is 161 Å². The van der Waals surface area contributed by atoms with Gasteiger partial charge in [0.2, 0.25) is 0 Å². The summed E-state index contributed by atoms with van der Waals surface area (Å²) in [6.45, 7) is 0.264. The number of alkyl halides is 3. The van der Waals surface area contributed by atoms with Crippen molar-refractivity contribution in [1.29, 1.82) is 0 Å². The maximum Gasteiger partial charge on any atom is 0.416 e. The van der Waals surface area contributed by atoms with E-state index in [0.29, 0.717) is 0 Å². The second-order valence-electron chi connectivity index (χ2n) is 5.73. The molecule has 0 radical (unpaired) electrons. The standard InChI is InChI=1S/C18H15F3N4O2S/c19-18(20,21)12-5-3-11(4-6-12)16(26)22-7-8-23-17(27)14-10-13(24-25-14)15-2-1-9-28-15/h1-6,9-10H,7-8H2,(H,22,26)(H,23,27)(H,24,25). The number of nitrogens with one attached hydrogen (secondary N) is 3. The molecule has 6 nitrogen and oxygen atoms in total. The summed E-state index contributed by atoms with van der Waals surface area (Å²) >= 11 is 1.51. The average Bonchev–Trinajstić information content (AvgIpc) is 3.35. The van der Waals surface area contributed by atoms with Crippen LogP contribution in [0.3, 0.4) is 0 Å². The fraction of sp³-hybridized carbons (Fsp3) is 0.167. The Morgan fingerprint density at radius 1 is 1.04 bits per heavy atom. The Kier molecular flexibility index (Phi) is 5.78. The highest BCUT2D eigenvalue weighted by atomic mass is 32.1. The first-order valence-electron chi connectivity index (χ1n) is 8.17. The molecular weight excluding hydrogens is 393 g/mol. The van der Waals surface area contributed by atoms with E-state index < -0.39 is 23.6 Å². The topological polar surface area (TPSA) is 86.9 Å². The predicted octanol–water partition coefficient (Wildman–Crippen LogP) is 3.32. The number of hydrogen-bond donors (Lipinski definition) is 3. The molecule has 10 heteroatoms. The number of hydrogen-bond acceptors (Lipinski definition) is 4. The third kappa shape index (κ3) is 4.77. The van der Waals surface area contributed by atoms with E-state index in [4.69, 9.17) is 0 Å². The van der Waals surface area contributed by atoms with Gasteiger partial charge in [-0.25, -0.2) is 0 Å². The summed E-state index contributed by atoms with van der Waals surface area (Å²) in [6.07, 6.45) is -4.45. The molecular formula is C18H15F3N4O2S. The number of carbonyl (C=O) groups excluding carboxylic acids is 2. The summed E-state index contributed by atoms with van der Waals surface area (Å²) in [5, 5.41) is 13.8. The van der Waals surface area contributed by atoms with Gasteiger partial charge in [0.05, 0.1) is 16.1 Å². The first-order valence-corrected chi connectivity index (χ1v) is 9.05. The highest BCUT2D eigenvalue weighted by molar-refractivity contribution is 7.13. The van der Waals surface area contributed by atoms with Crippen molar-refractivity contribution >= 4 is 23.2 Å². The summed E-state index contributed by atoms with van der Waals surface area (Å²) in [7, 11) is 0. The van der Waals surface area contributed by atoms with Crippen LogP contribution in [0.25, 0.3) is 10.6 Å². The fourth-order valence-electron chi connectivity index (χ4n) is 2.35. The lowest BCUT2D eigenvalue weighted by Crippen LogP contribution is -2.34. The highest BCUT2D eigenvalue weighted by Gasteiger charge is 2.30. The van der Waals surface area contributed by atoms with Crippen LogP contribution >= 0.6 is 11.3 Å². The Morgan fingerprint density at radius 3 is 2.32 bits per heavy atom. The van der Waals surface area contributed by atoms with Crippen LogP contribution in [0.15, 0.2) is 47.8 Å². The number of nitrogens with zero attached hydrogens (tertiary/aromatic N) is 1. The zero-order valence-electron chi connectivity index (χ0n) is 14.3. The number of thiophene rings is 1. The molecule has 3 aromatic rings. The molecule has 0 saturated heterocycles. The van der Waals surface area contributed by atoms with Gasteiger partial charge in [-0.1, -0.05) is 6.07 Å².